The number of hydrogen-bond acceptors (Lipinski definition) is 5. The van der Waals surface area contributed by atoms with E-state index < -0.39 is 0 Å². The van der Waals surface area contributed by atoms with Crippen molar-refractivity contribution in [2.24, 2.45) is 0 Å². The van der Waals surface area contributed by atoms with Crippen molar-refractivity contribution in [1.29, 1.82) is 0 Å². The number of methoxy groups -OCH3 is 1. The van der Waals surface area contributed by atoms with Crippen LogP contribution in [0.2, 0.25) is 0 Å². The number of rotatable bonds is 6. The standard InChI is InChI=1S/C21H24N4O2/c1-26-20-6-5-17(12-19(20)15-25-9-3-8-23-25)14-24-10-11-27-21(16-24)18-4-2-7-22-13-18/h2-9,12-13,21H,10-11,14-16H2,1H3/t21-/m0/s1. The molecule has 0 unspecified atom stereocenters. The van der Waals surface area contributed by atoms with Crippen molar-refractivity contribution in [3.63, 3.8) is 0 Å². The van der Waals surface area contributed by atoms with E-state index in [1.165, 1.54) is 5.56 Å². The molecule has 3 aromatic rings. The molecule has 1 saturated heterocycles. The first kappa shape index (κ1) is 17.7. The van der Waals surface area contributed by atoms with E-state index in [4.69, 9.17) is 9.47 Å². The SMILES string of the molecule is COc1ccc(CN2CCO[C@H](c3cccnc3)C2)cc1Cn1cccn1. The summed E-state index contributed by atoms with van der Waals surface area (Å²) in [6.07, 6.45) is 7.52. The van der Waals surface area contributed by atoms with Gasteiger partial charge in [-0.05, 0) is 29.8 Å². The molecule has 6 nitrogen and oxygen atoms in total. The van der Waals surface area contributed by atoms with Crippen LogP contribution >= 0.6 is 0 Å². The molecule has 27 heavy (non-hydrogen) atoms. The third kappa shape index (κ3) is 4.35. The molecule has 6 heteroatoms. The normalized spacial score (nSPS) is 17.7. The molecule has 0 N–H and O–H groups in total. The first-order valence-corrected chi connectivity index (χ1v) is 9.19. The van der Waals surface area contributed by atoms with E-state index in [0.29, 0.717) is 6.54 Å². The van der Waals surface area contributed by atoms with E-state index in [9.17, 15) is 0 Å². The largest absolute Gasteiger partial charge is 0.496 e. The van der Waals surface area contributed by atoms with Crippen molar-refractivity contribution in [2.75, 3.05) is 26.8 Å². The molecule has 0 aliphatic carbocycles. The van der Waals surface area contributed by atoms with Crippen LogP contribution in [0.3, 0.4) is 0 Å². The average molecular weight is 364 g/mol. The summed E-state index contributed by atoms with van der Waals surface area (Å²) in [6.45, 7) is 4.11. The zero-order valence-electron chi connectivity index (χ0n) is 15.5. The van der Waals surface area contributed by atoms with Gasteiger partial charge in [0.05, 0.1) is 26.4 Å². The smallest absolute Gasteiger partial charge is 0.123 e. The van der Waals surface area contributed by atoms with E-state index in [0.717, 1.165) is 43.1 Å². The highest BCUT2D eigenvalue weighted by Crippen LogP contribution is 2.25. The Balaban J connectivity index is 1.47. The van der Waals surface area contributed by atoms with Crippen molar-refractivity contribution in [3.05, 3.63) is 77.9 Å². The van der Waals surface area contributed by atoms with Crippen LogP contribution in [0.15, 0.2) is 61.2 Å². The van der Waals surface area contributed by atoms with Gasteiger partial charge in [-0.2, -0.15) is 5.10 Å². The number of morpholine rings is 1. The molecular weight excluding hydrogens is 340 g/mol. The van der Waals surface area contributed by atoms with Crippen LogP contribution in [0.25, 0.3) is 0 Å². The highest BCUT2D eigenvalue weighted by atomic mass is 16.5. The molecule has 3 heterocycles. The minimum atomic E-state index is 0.0780. The van der Waals surface area contributed by atoms with Gasteiger partial charge in [0.1, 0.15) is 5.75 Å². The van der Waals surface area contributed by atoms with Crippen LogP contribution in [0.1, 0.15) is 22.8 Å². The molecule has 0 bridgehead atoms. The topological polar surface area (TPSA) is 52.4 Å². The minimum Gasteiger partial charge on any atom is -0.496 e. The van der Waals surface area contributed by atoms with Crippen molar-refractivity contribution in [3.8, 4) is 5.75 Å². The lowest BCUT2D eigenvalue weighted by Gasteiger charge is -2.33. The van der Waals surface area contributed by atoms with E-state index in [2.05, 4.69) is 33.2 Å². The van der Waals surface area contributed by atoms with E-state index in [-0.39, 0.29) is 6.10 Å². The lowest BCUT2D eigenvalue weighted by molar-refractivity contribution is -0.0330. The second kappa shape index (κ2) is 8.33. The Bertz CT molecular complexity index is 852. The van der Waals surface area contributed by atoms with Gasteiger partial charge < -0.3 is 9.47 Å². The van der Waals surface area contributed by atoms with Gasteiger partial charge in [0.15, 0.2) is 0 Å². The fourth-order valence-corrected chi connectivity index (χ4v) is 3.49. The fraction of sp³-hybridized carbons (Fsp3) is 0.333. The van der Waals surface area contributed by atoms with Crippen LogP contribution in [-0.4, -0.2) is 46.5 Å². The second-order valence-corrected chi connectivity index (χ2v) is 6.73. The Morgan fingerprint density at radius 1 is 1.19 bits per heavy atom. The lowest BCUT2D eigenvalue weighted by Crippen LogP contribution is -2.37. The van der Waals surface area contributed by atoms with E-state index >= 15 is 0 Å². The van der Waals surface area contributed by atoms with Gasteiger partial charge in [-0.25, -0.2) is 0 Å². The number of nitrogens with zero attached hydrogens (tertiary/aromatic N) is 4. The van der Waals surface area contributed by atoms with Crippen molar-refractivity contribution in [1.82, 2.24) is 19.7 Å². The summed E-state index contributed by atoms with van der Waals surface area (Å²) >= 11 is 0. The van der Waals surface area contributed by atoms with Gasteiger partial charge in [0, 0.05) is 55.5 Å². The Kier molecular flexibility index (Phi) is 5.46. The molecule has 140 valence electrons. The predicted molar refractivity (Wildman–Crippen MR) is 103 cm³/mol. The molecule has 0 radical (unpaired) electrons. The summed E-state index contributed by atoms with van der Waals surface area (Å²) < 4.78 is 13.4. The number of aromatic nitrogens is 3. The van der Waals surface area contributed by atoms with E-state index in [1.54, 1.807) is 19.5 Å². The second-order valence-electron chi connectivity index (χ2n) is 6.73. The molecule has 1 aliphatic rings. The fourth-order valence-electron chi connectivity index (χ4n) is 3.49. The molecule has 1 atom stereocenters. The maximum absolute atomic E-state index is 5.95. The Labute approximate surface area is 159 Å². The molecule has 4 rings (SSSR count). The first-order valence-electron chi connectivity index (χ1n) is 9.19. The average Bonchev–Trinajstić information content (AvgIpc) is 3.22. The van der Waals surface area contributed by atoms with Crippen LogP contribution in [0, 0.1) is 0 Å². The Morgan fingerprint density at radius 2 is 2.15 bits per heavy atom. The Hall–Kier alpha value is -2.70. The van der Waals surface area contributed by atoms with E-state index in [1.807, 2.05) is 35.3 Å². The molecule has 1 fully saturated rings. The number of benzene rings is 1. The molecule has 1 aliphatic heterocycles. The third-order valence-corrected chi connectivity index (χ3v) is 4.85. The number of hydrogen-bond donors (Lipinski definition) is 0. The van der Waals surface area contributed by atoms with Crippen LogP contribution in [0.4, 0.5) is 0 Å². The zero-order valence-corrected chi connectivity index (χ0v) is 15.5. The van der Waals surface area contributed by atoms with Crippen molar-refractivity contribution < 1.29 is 9.47 Å². The zero-order chi connectivity index (χ0) is 18.5. The quantitative estimate of drug-likeness (QED) is 0.673. The summed E-state index contributed by atoms with van der Waals surface area (Å²) in [6, 6.07) is 12.4. The van der Waals surface area contributed by atoms with Crippen molar-refractivity contribution in [2.45, 2.75) is 19.2 Å². The first-order chi connectivity index (χ1) is 13.3. The molecule has 0 saturated carbocycles. The van der Waals surface area contributed by atoms with Gasteiger partial charge in [0.25, 0.3) is 0 Å². The van der Waals surface area contributed by atoms with Crippen LogP contribution < -0.4 is 4.74 Å². The van der Waals surface area contributed by atoms with Crippen molar-refractivity contribution >= 4 is 0 Å². The van der Waals surface area contributed by atoms with Gasteiger partial charge in [-0.15, -0.1) is 0 Å². The molecule has 2 aromatic heterocycles. The summed E-state index contributed by atoms with van der Waals surface area (Å²) in [7, 11) is 1.71. The third-order valence-electron chi connectivity index (χ3n) is 4.85. The summed E-state index contributed by atoms with van der Waals surface area (Å²) in [5.74, 6) is 0.893. The maximum Gasteiger partial charge on any atom is 0.123 e. The summed E-state index contributed by atoms with van der Waals surface area (Å²) in [4.78, 5) is 6.65. The predicted octanol–water partition coefficient (Wildman–Crippen LogP) is 2.91. The number of ether oxygens (including phenoxy) is 2. The molecule has 0 amide bonds. The minimum absolute atomic E-state index is 0.0780. The van der Waals surface area contributed by atoms with Gasteiger partial charge in [-0.3, -0.25) is 14.6 Å². The van der Waals surface area contributed by atoms with Gasteiger partial charge in [-0.1, -0.05) is 12.1 Å². The van der Waals surface area contributed by atoms with Crippen LogP contribution in [0.5, 0.6) is 5.75 Å². The van der Waals surface area contributed by atoms with Gasteiger partial charge >= 0.3 is 0 Å². The van der Waals surface area contributed by atoms with Crippen LogP contribution in [-0.2, 0) is 17.8 Å². The molecular formula is C21H24N4O2. The summed E-state index contributed by atoms with van der Waals surface area (Å²) in [5, 5.41) is 4.30. The highest BCUT2D eigenvalue weighted by Gasteiger charge is 2.22. The lowest BCUT2D eigenvalue weighted by atomic mass is 10.1. The Morgan fingerprint density at radius 3 is 2.93 bits per heavy atom. The monoisotopic (exact) mass is 364 g/mol. The molecule has 0 spiro atoms. The number of pyridine rings is 1. The maximum atomic E-state index is 5.95. The van der Waals surface area contributed by atoms with Gasteiger partial charge in [0.2, 0.25) is 0 Å². The summed E-state index contributed by atoms with van der Waals surface area (Å²) in [5.41, 5.74) is 3.54. The molecule has 1 aromatic carbocycles. The highest BCUT2D eigenvalue weighted by molar-refractivity contribution is 5.37.